The summed E-state index contributed by atoms with van der Waals surface area (Å²) < 4.78 is 13.5. The lowest BCUT2D eigenvalue weighted by Crippen LogP contribution is -2.51. The standard InChI is InChI=1S/C30H35FN2O2S/c1-22(2)18-32-30(35)28(17-24-10-5-4-6-11-24)33(19-25-13-15-27(31)16-14-25)29(34)21-36-20-26-12-8-7-9-23(26)3/h4-16,22,28H,17-21H2,1-3H3,(H,32,35)/t28-/m0/s1. The lowest BCUT2D eigenvalue weighted by atomic mass is 10.0. The van der Waals surface area contributed by atoms with Gasteiger partial charge in [-0.05, 0) is 47.2 Å². The minimum atomic E-state index is -0.678. The molecule has 190 valence electrons. The molecular formula is C30H35FN2O2S. The first kappa shape index (κ1) is 27.5. The minimum absolute atomic E-state index is 0.112. The monoisotopic (exact) mass is 506 g/mol. The third kappa shape index (κ3) is 8.52. The molecule has 0 fully saturated rings. The molecule has 0 unspecified atom stereocenters. The van der Waals surface area contributed by atoms with Gasteiger partial charge in [0.25, 0.3) is 0 Å². The van der Waals surface area contributed by atoms with Crippen molar-refractivity contribution in [3.8, 4) is 0 Å². The van der Waals surface area contributed by atoms with Crippen LogP contribution in [0.25, 0.3) is 0 Å². The minimum Gasteiger partial charge on any atom is -0.354 e. The van der Waals surface area contributed by atoms with E-state index in [4.69, 9.17) is 0 Å². The number of benzene rings is 3. The van der Waals surface area contributed by atoms with Gasteiger partial charge in [-0.3, -0.25) is 9.59 Å². The van der Waals surface area contributed by atoms with Gasteiger partial charge in [-0.2, -0.15) is 0 Å². The molecule has 3 aromatic rings. The Balaban J connectivity index is 1.84. The van der Waals surface area contributed by atoms with E-state index >= 15 is 0 Å². The number of aryl methyl sites for hydroxylation is 1. The number of nitrogens with zero attached hydrogens (tertiary/aromatic N) is 1. The predicted molar refractivity (Wildman–Crippen MR) is 146 cm³/mol. The van der Waals surface area contributed by atoms with E-state index in [1.807, 2.05) is 56.3 Å². The van der Waals surface area contributed by atoms with Crippen LogP contribution in [0.5, 0.6) is 0 Å². The van der Waals surface area contributed by atoms with Crippen molar-refractivity contribution in [1.29, 1.82) is 0 Å². The lowest BCUT2D eigenvalue weighted by molar-refractivity contribution is -0.139. The molecule has 0 aliphatic carbocycles. The molecule has 0 heterocycles. The predicted octanol–water partition coefficient (Wildman–Crippen LogP) is 5.78. The van der Waals surface area contributed by atoms with Gasteiger partial charge >= 0.3 is 0 Å². The molecule has 2 amide bonds. The van der Waals surface area contributed by atoms with Crippen LogP contribution in [0.2, 0.25) is 0 Å². The Morgan fingerprint density at radius 3 is 2.25 bits per heavy atom. The maximum atomic E-state index is 13.6. The van der Waals surface area contributed by atoms with Crippen molar-refractivity contribution in [3.05, 3.63) is 107 Å². The molecule has 0 aromatic heterocycles. The van der Waals surface area contributed by atoms with Gasteiger partial charge < -0.3 is 10.2 Å². The van der Waals surface area contributed by atoms with E-state index in [1.54, 1.807) is 28.8 Å². The fourth-order valence-corrected chi connectivity index (χ4v) is 4.85. The van der Waals surface area contributed by atoms with Crippen LogP contribution in [0.4, 0.5) is 4.39 Å². The number of thioether (sulfide) groups is 1. The maximum Gasteiger partial charge on any atom is 0.243 e. The third-order valence-electron chi connectivity index (χ3n) is 5.97. The van der Waals surface area contributed by atoms with E-state index in [-0.39, 0.29) is 35.8 Å². The molecule has 0 bridgehead atoms. The van der Waals surface area contributed by atoms with E-state index in [0.717, 1.165) is 11.1 Å². The molecule has 6 heteroatoms. The third-order valence-corrected chi connectivity index (χ3v) is 6.93. The van der Waals surface area contributed by atoms with Gasteiger partial charge in [-0.15, -0.1) is 11.8 Å². The van der Waals surface area contributed by atoms with Crippen LogP contribution in [-0.4, -0.2) is 35.1 Å². The van der Waals surface area contributed by atoms with Gasteiger partial charge in [-0.25, -0.2) is 4.39 Å². The van der Waals surface area contributed by atoms with Crippen LogP contribution >= 0.6 is 11.8 Å². The quantitative estimate of drug-likeness (QED) is 0.339. The highest BCUT2D eigenvalue weighted by molar-refractivity contribution is 7.99. The van der Waals surface area contributed by atoms with Crippen LogP contribution in [-0.2, 0) is 28.3 Å². The lowest BCUT2D eigenvalue weighted by Gasteiger charge is -2.32. The summed E-state index contributed by atoms with van der Waals surface area (Å²) in [6.07, 6.45) is 0.403. The summed E-state index contributed by atoms with van der Waals surface area (Å²) in [7, 11) is 0. The van der Waals surface area contributed by atoms with Gasteiger partial charge in [0.05, 0.1) is 5.75 Å². The molecule has 0 saturated carbocycles. The fourth-order valence-electron chi connectivity index (χ4n) is 3.87. The molecule has 0 radical (unpaired) electrons. The molecule has 0 aliphatic rings. The summed E-state index contributed by atoms with van der Waals surface area (Å²) in [6.45, 7) is 6.90. The highest BCUT2D eigenvalue weighted by atomic mass is 32.2. The van der Waals surface area contributed by atoms with Crippen LogP contribution in [0.3, 0.4) is 0 Å². The van der Waals surface area contributed by atoms with Crippen LogP contribution in [0.15, 0.2) is 78.9 Å². The fraction of sp³-hybridized carbons (Fsp3) is 0.333. The average Bonchev–Trinajstić information content (AvgIpc) is 2.87. The zero-order chi connectivity index (χ0) is 25.9. The van der Waals surface area contributed by atoms with Gasteiger partial charge in [0.2, 0.25) is 11.8 Å². The number of halogens is 1. The smallest absolute Gasteiger partial charge is 0.243 e. The summed E-state index contributed by atoms with van der Waals surface area (Å²) in [4.78, 5) is 28.7. The van der Waals surface area contributed by atoms with Crippen molar-refractivity contribution in [1.82, 2.24) is 10.2 Å². The van der Waals surface area contributed by atoms with Crippen molar-refractivity contribution >= 4 is 23.6 Å². The Morgan fingerprint density at radius 2 is 1.58 bits per heavy atom. The number of nitrogens with one attached hydrogen (secondary N) is 1. The second kappa shape index (κ2) is 13.8. The van der Waals surface area contributed by atoms with Gasteiger partial charge in [-0.1, -0.05) is 80.6 Å². The summed E-state index contributed by atoms with van der Waals surface area (Å²) in [5.41, 5.74) is 4.14. The number of carbonyl (C=O) groups excluding carboxylic acids is 2. The molecule has 3 rings (SSSR count). The highest BCUT2D eigenvalue weighted by Gasteiger charge is 2.30. The van der Waals surface area contributed by atoms with Crippen molar-refractivity contribution in [2.45, 2.75) is 45.5 Å². The molecule has 0 aliphatic heterocycles. The van der Waals surface area contributed by atoms with Crippen molar-refractivity contribution in [2.75, 3.05) is 12.3 Å². The maximum absolute atomic E-state index is 13.6. The summed E-state index contributed by atoms with van der Waals surface area (Å²) in [5, 5.41) is 3.02. The first-order chi connectivity index (χ1) is 17.3. The topological polar surface area (TPSA) is 49.4 Å². The molecular weight excluding hydrogens is 471 g/mol. The molecule has 4 nitrogen and oxygen atoms in total. The molecule has 0 saturated heterocycles. The largest absolute Gasteiger partial charge is 0.354 e. The van der Waals surface area contributed by atoms with E-state index in [2.05, 4.69) is 24.4 Å². The zero-order valence-electron chi connectivity index (χ0n) is 21.2. The van der Waals surface area contributed by atoms with Gasteiger partial charge in [0, 0.05) is 25.3 Å². The van der Waals surface area contributed by atoms with E-state index in [1.165, 1.54) is 23.3 Å². The second-order valence-electron chi connectivity index (χ2n) is 9.41. The Labute approximate surface area is 218 Å². The Hall–Kier alpha value is -3.12. The number of carbonyl (C=O) groups is 2. The highest BCUT2D eigenvalue weighted by Crippen LogP contribution is 2.20. The summed E-state index contributed by atoms with van der Waals surface area (Å²) in [6, 6.07) is 23.3. The van der Waals surface area contributed by atoms with E-state index in [9.17, 15) is 14.0 Å². The van der Waals surface area contributed by atoms with E-state index in [0.29, 0.717) is 18.7 Å². The van der Waals surface area contributed by atoms with Crippen molar-refractivity contribution in [3.63, 3.8) is 0 Å². The average molecular weight is 507 g/mol. The van der Waals surface area contributed by atoms with Gasteiger partial charge in [0.1, 0.15) is 11.9 Å². The molecule has 36 heavy (non-hydrogen) atoms. The van der Waals surface area contributed by atoms with Crippen LogP contribution in [0.1, 0.15) is 36.1 Å². The van der Waals surface area contributed by atoms with Crippen molar-refractivity contribution in [2.24, 2.45) is 5.92 Å². The first-order valence-corrected chi connectivity index (χ1v) is 13.5. The zero-order valence-corrected chi connectivity index (χ0v) is 22.1. The molecule has 0 spiro atoms. The number of hydrogen-bond donors (Lipinski definition) is 1. The second-order valence-corrected chi connectivity index (χ2v) is 10.4. The van der Waals surface area contributed by atoms with Gasteiger partial charge in [0.15, 0.2) is 0 Å². The SMILES string of the molecule is Cc1ccccc1CSCC(=O)N(Cc1ccc(F)cc1)[C@@H](Cc1ccccc1)C(=O)NCC(C)C. The normalized spacial score (nSPS) is 11.8. The van der Waals surface area contributed by atoms with Crippen molar-refractivity contribution < 1.29 is 14.0 Å². The Morgan fingerprint density at radius 1 is 0.917 bits per heavy atom. The Bertz CT molecular complexity index is 1120. The first-order valence-electron chi connectivity index (χ1n) is 12.3. The van der Waals surface area contributed by atoms with E-state index < -0.39 is 6.04 Å². The summed E-state index contributed by atoms with van der Waals surface area (Å²) >= 11 is 1.54. The molecule has 3 aromatic carbocycles. The Kier molecular flexibility index (Phi) is 10.6. The molecule has 1 atom stereocenters. The number of amides is 2. The van der Waals surface area contributed by atoms with Crippen LogP contribution < -0.4 is 5.32 Å². The van der Waals surface area contributed by atoms with Crippen LogP contribution in [0, 0.1) is 18.7 Å². The number of hydrogen-bond acceptors (Lipinski definition) is 3. The summed E-state index contributed by atoms with van der Waals surface area (Å²) in [5.74, 6) is 0.632. The number of rotatable bonds is 12. The molecule has 1 N–H and O–H groups in total.